The van der Waals surface area contributed by atoms with Crippen LogP contribution in [0.25, 0.3) is 0 Å². The fourth-order valence-corrected chi connectivity index (χ4v) is 2.68. The molecule has 0 radical (unpaired) electrons. The first-order valence-electron chi connectivity index (χ1n) is 8.37. The van der Waals surface area contributed by atoms with Gasteiger partial charge in [-0.05, 0) is 62.2 Å². The van der Waals surface area contributed by atoms with E-state index in [0.29, 0.717) is 0 Å². The molecule has 1 N–H and O–H groups in total. The number of hydrogen-bond acceptors (Lipinski definition) is 2. The van der Waals surface area contributed by atoms with E-state index in [-0.39, 0.29) is 0 Å². The summed E-state index contributed by atoms with van der Waals surface area (Å²) in [6, 6.07) is 8.79. The summed E-state index contributed by atoms with van der Waals surface area (Å²) in [5, 5.41) is 3.63. The molecule has 0 aliphatic carbocycles. The van der Waals surface area contributed by atoms with E-state index in [1.807, 2.05) is 0 Å². The zero-order valence-corrected chi connectivity index (χ0v) is 14.3. The zero-order valence-electron chi connectivity index (χ0n) is 14.3. The Morgan fingerprint density at radius 3 is 2.52 bits per heavy atom. The Balaban J connectivity index is 2.47. The minimum Gasteiger partial charge on any atom is -0.385 e. The summed E-state index contributed by atoms with van der Waals surface area (Å²) >= 11 is 0. The molecule has 1 rings (SSSR count). The Kier molecular flexibility index (Phi) is 9.36. The van der Waals surface area contributed by atoms with Gasteiger partial charge in [0.2, 0.25) is 0 Å². The van der Waals surface area contributed by atoms with Crippen molar-refractivity contribution >= 4 is 0 Å². The molecule has 0 fully saturated rings. The molecule has 120 valence electrons. The van der Waals surface area contributed by atoms with Gasteiger partial charge in [-0.15, -0.1) is 0 Å². The van der Waals surface area contributed by atoms with Crippen LogP contribution in [-0.2, 0) is 11.2 Å². The van der Waals surface area contributed by atoms with Gasteiger partial charge < -0.3 is 10.1 Å². The van der Waals surface area contributed by atoms with Crippen molar-refractivity contribution in [2.45, 2.75) is 46.5 Å². The number of nitrogens with one attached hydrogen (secondary N) is 1. The molecule has 0 aliphatic heterocycles. The van der Waals surface area contributed by atoms with Crippen molar-refractivity contribution in [2.24, 2.45) is 11.8 Å². The summed E-state index contributed by atoms with van der Waals surface area (Å²) in [5.74, 6) is 1.44. The van der Waals surface area contributed by atoms with Gasteiger partial charge in [-0.1, -0.05) is 44.5 Å². The Morgan fingerprint density at radius 2 is 1.86 bits per heavy atom. The van der Waals surface area contributed by atoms with Gasteiger partial charge in [0.05, 0.1) is 0 Å². The van der Waals surface area contributed by atoms with Crippen LogP contribution in [0, 0.1) is 18.8 Å². The molecule has 0 spiro atoms. The number of benzene rings is 1. The highest BCUT2D eigenvalue weighted by molar-refractivity contribution is 5.25. The summed E-state index contributed by atoms with van der Waals surface area (Å²) in [6.45, 7) is 9.88. The van der Waals surface area contributed by atoms with Gasteiger partial charge >= 0.3 is 0 Å². The Hall–Kier alpha value is -0.860. The summed E-state index contributed by atoms with van der Waals surface area (Å²) in [7, 11) is 1.79. The van der Waals surface area contributed by atoms with Crippen LogP contribution in [0.2, 0.25) is 0 Å². The second kappa shape index (κ2) is 10.8. The lowest BCUT2D eigenvalue weighted by Crippen LogP contribution is -2.27. The van der Waals surface area contributed by atoms with Crippen LogP contribution in [0.1, 0.15) is 44.2 Å². The zero-order chi connectivity index (χ0) is 15.5. The highest BCUT2D eigenvalue weighted by atomic mass is 16.5. The van der Waals surface area contributed by atoms with Gasteiger partial charge in [-0.2, -0.15) is 0 Å². The molecule has 2 heteroatoms. The van der Waals surface area contributed by atoms with Crippen LogP contribution in [-0.4, -0.2) is 26.8 Å². The lowest BCUT2D eigenvalue weighted by molar-refractivity contribution is 0.190. The van der Waals surface area contributed by atoms with E-state index in [2.05, 4.69) is 50.4 Å². The minimum absolute atomic E-state index is 0.720. The summed E-state index contributed by atoms with van der Waals surface area (Å²) < 4.78 is 5.16. The Morgan fingerprint density at radius 1 is 1.10 bits per heavy atom. The monoisotopic (exact) mass is 291 g/mol. The molecular formula is C19H33NO. The number of methoxy groups -OCH3 is 1. The van der Waals surface area contributed by atoms with E-state index in [9.17, 15) is 0 Å². The molecule has 0 aromatic heterocycles. The summed E-state index contributed by atoms with van der Waals surface area (Å²) in [4.78, 5) is 0. The number of unbranched alkanes of at least 4 members (excludes halogenated alkanes) is 1. The fourth-order valence-electron chi connectivity index (χ4n) is 2.68. The maximum Gasteiger partial charge on any atom is 0.0462 e. The molecule has 1 aromatic carbocycles. The number of rotatable bonds is 11. The molecule has 21 heavy (non-hydrogen) atoms. The molecule has 2 nitrogen and oxygen atoms in total. The minimum atomic E-state index is 0.720. The molecule has 1 unspecified atom stereocenters. The fraction of sp³-hybridized carbons (Fsp3) is 0.684. The van der Waals surface area contributed by atoms with E-state index in [1.165, 1.54) is 36.8 Å². The topological polar surface area (TPSA) is 21.3 Å². The van der Waals surface area contributed by atoms with E-state index < -0.39 is 0 Å². The van der Waals surface area contributed by atoms with E-state index in [1.54, 1.807) is 7.11 Å². The Bertz CT molecular complexity index is 376. The molecular weight excluding hydrogens is 258 g/mol. The first-order valence-corrected chi connectivity index (χ1v) is 8.37. The maximum absolute atomic E-state index is 5.16. The molecule has 0 saturated carbocycles. The average Bonchev–Trinajstić information content (AvgIpc) is 2.45. The summed E-state index contributed by atoms with van der Waals surface area (Å²) in [6.07, 6.45) is 4.90. The number of hydrogen-bond donors (Lipinski definition) is 1. The van der Waals surface area contributed by atoms with Crippen LogP contribution >= 0.6 is 0 Å². The number of ether oxygens (including phenoxy) is 1. The van der Waals surface area contributed by atoms with Gasteiger partial charge in [0.25, 0.3) is 0 Å². The van der Waals surface area contributed by atoms with Gasteiger partial charge in [0.1, 0.15) is 0 Å². The third-order valence-electron chi connectivity index (χ3n) is 3.97. The smallest absolute Gasteiger partial charge is 0.0462 e. The van der Waals surface area contributed by atoms with Crippen LogP contribution in [0.3, 0.4) is 0 Å². The van der Waals surface area contributed by atoms with Crippen molar-refractivity contribution in [2.75, 3.05) is 26.8 Å². The molecule has 1 atom stereocenters. The van der Waals surface area contributed by atoms with Crippen molar-refractivity contribution in [3.63, 3.8) is 0 Å². The standard InChI is InChI=1S/C19H33NO/c1-16(2)14-20-15-18(10-7-8-12-21-4)13-19-11-6-5-9-17(19)3/h5-6,9,11,16,18,20H,7-8,10,12-15H2,1-4H3. The highest BCUT2D eigenvalue weighted by Gasteiger charge is 2.11. The predicted octanol–water partition coefficient (Wildman–Crippen LogP) is 4.22. The average molecular weight is 291 g/mol. The second-order valence-corrected chi connectivity index (χ2v) is 6.54. The van der Waals surface area contributed by atoms with Crippen LogP contribution < -0.4 is 5.32 Å². The molecule has 0 bridgehead atoms. The third-order valence-corrected chi connectivity index (χ3v) is 3.97. The van der Waals surface area contributed by atoms with E-state index in [0.717, 1.165) is 31.5 Å². The van der Waals surface area contributed by atoms with Crippen molar-refractivity contribution in [3.8, 4) is 0 Å². The molecule has 0 saturated heterocycles. The van der Waals surface area contributed by atoms with Crippen molar-refractivity contribution in [1.82, 2.24) is 5.32 Å². The molecule has 1 aromatic rings. The lowest BCUT2D eigenvalue weighted by Gasteiger charge is -2.19. The van der Waals surface area contributed by atoms with Gasteiger partial charge in [-0.25, -0.2) is 0 Å². The SMILES string of the molecule is COCCCCC(CNCC(C)C)Cc1ccccc1C. The molecule has 0 aliphatic rings. The van der Waals surface area contributed by atoms with E-state index in [4.69, 9.17) is 4.74 Å². The first kappa shape index (κ1) is 18.2. The predicted molar refractivity (Wildman–Crippen MR) is 91.8 cm³/mol. The quantitative estimate of drug-likeness (QED) is 0.616. The van der Waals surface area contributed by atoms with Crippen LogP contribution in [0.4, 0.5) is 0 Å². The highest BCUT2D eigenvalue weighted by Crippen LogP contribution is 2.17. The molecule has 0 amide bonds. The van der Waals surface area contributed by atoms with Gasteiger partial charge in [0, 0.05) is 13.7 Å². The first-order chi connectivity index (χ1) is 10.1. The number of aryl methyl sites for hydroxylation is 1. The Labute approximate surface area is 131 Å². The van der Waals surface area contributed by atoms with Gasteiger partial charge in [-0.3, -0.25) is 0 Å². The third kappa shape index (κ3) is 8.23. The van der Waals surface area contributed by atoms with E-state index >= 15 is 0 Å². The van der Waals surface area contributed by atoms with Crippen molar-refractivity contribution in [1.29, 1.82) is 0 Å². The van der Waals surface area contributed by atoms with Gasteiger partial charge in [0.15, 0.2) is 0 Å². The van der Waals surface area contributed by atoms with Crippen molar-refractivity contribution < 1.29 is 4.74 Å². The van der Waals surface area contributed by atoms with Crippen LogP contribution in [0.15, 0.2) is 24.3 Å². The largest absolute Gasteiger partial charge is 0.385 e. The maximum atomic E-state index is 5.16. The molecule has 0 heterocycles. The van der Waals surface area contributed by atoms with Crippen molar-refractivity contribution in [3.05, 3.63) is 35.4 Å². The lowest BCUT2D eigenvalue weighted by atomic mass is 9.92. The van der Waals surface area contributed by atoms with Crippen LogP contribution in [0.5, 0.6) is 0 Å². The second-order valence-electron chi connectivity index (χ2n) is 6.54. The summed E-state index contributed by atoms with van der Waals surface area (Å²) in [5.41, 5.74) is 2.92. The normalized spacial score (nSPS) is 12.8.